The molecule has 0 aromatic heterocycles. The summed E-state index contributed by atoms with van der Waals surface area (Å²) in [6, 6.07) is 0.865. The molecule has 2 atom stereocenters. The van der Waals surface area contributed by atoms with Gasteiger partial charge in [0.05, 0.1) is 0 Å². The SMILES string of the molecule is CNCC(C)CN1CCCN2CCCC2C1. The van der Waals surface area contributed by atoms with E-state index in [1.165, 1.54) is 52.0 Å². The highest BCUT2D eigenvalue weighted by molar-refractivity contribution is 4.85. The van der Waals surface area contributed by atoms with Gasteiger partial charge in [-0.2, -0.15) is 0 Å². The maximum atomic E-state index is 3.28. The van der Waals surface area contributed by atoms with Gasteiger partial charge in [-0.3, -0.25) is 4.90 Å². The third kappa shape index (κ3) is 3.19. The van der Waals surface area contributed by atoms with Crippen molar-refractivity contribution in [3.8, 4) is 0 Å². The minimum absolute atomic E-state index is 0.776. The van der Waals surface area contributed by atoms with E-state index in [-0.39, 0.29) is 0 Å². The Balaban J connectivity index is 1.81. The van der Waals surface area contributed by atoms with Gasteiger partial charge < -0.3 is 10.2 Å². The third-order valence-corrected chi connectivity index (χ3v) is 4.01. The first kappa shape index (κ1) is 12.3. The van der Waals surface area contributed by atoms with Gasteiger partial charge in [0.1, 0.15) is 0 Å². The number of rotatable bonds is 4. The normalized spacial score (nSPS) is 30.0. The quantitative estimate of drug-likeness (QED) is 0.770. The van der Waals surface area contributed by atoms with E-state index in [1.807, 2.05) is 0 Å². The number of fused-ring (bicyclic) bond motifs is 1. The summed E-state index contributed by atoms with van der Waals surface area (Å²) in [5.41, 5.74) is 0. The fourth-order valence-electron chi connectivity index (χ4n) is 3.30. The van der Waals surface area contributed by atoms with Crippen LogP contribution in [0.5, 0.6) is 0 Å². The second-order valence-corrected chi connectivity index (χ2v) is 5.61. The summed E-state index contributed by atoms with van der Waals surface area (Å²) in [4.78, 5) is 5.40. The van der Waals surface area contributed by atoms with E-state index in [9.17, 15) is 0 Å². The molecule has 0 spiro atoms. The van der Waals surface area contributed by atoms with Gasteiger partial charge in [0.15, 0.2) is 0 Å². The predicted molar refractivity (Wildman–Crippen MR) is 68.7 cm³/mol. The van der Waals surface area contributed by atoms with Crippen LogP contribution in [0.4, 0.5) is 0 Å². The van der Waals surface area contributed by atoms with Crippen molar-refractivity contribution in [1.82, 2.24) is 15.1 Å². The smallest absolute Gasteiger partial charge is 0.0223 e. The highest BCUT2D eigenvalue weighted by Gasteiger charge is 2.28. The molecule has 2 heterocycles. The molecule has 0 radical (unpaired) electrons. The molecule has 0 aromatic carbocycles. The molecule has 3 nitrogen and oxygen atoms in total. The summed E-state index contributed by atoms with van der Waals surface area (Å²) < 4.78 is 0. The van der Waals surface area contributed by atoms with Crippen LogP contribution in [0.25, 0.3) is 0 Å². The average Bonchev–Trinajstić information content (AvgIpc) is 2.58. The molecule has 3 heteroatoms. The molecule has 0 saturated carbocycles. The number of nitrogens with one attached hydrogen (secondary N) is 1. The molecule has 94 valence electrons. The maximum Gasteiger partial charge on any atom is 0.0223 e. The van der Waals surface area contributed by atoms with Crippen molar-refractivity contribution < 1.29 is 0 Å². The van der Waals surface area contributed by atoms with Crippen LogP contribution < -0.4 is 5.32 Å². The first-order chi connectivity index (χ1) is 7.79. The second kappa shape index (κ2) is 5.99. The Bertz CT molecular complexity index is 207. The predicted octanol–water partition coefficient (Wildman–Crippen LogP) is 1.01. The van der Waals surface area contributed by atoms with E-state index in [0.717, 1.165) is 18.5 Å². The Hall–Kier alpha value is -0.120. The van der Waals surface area contributed by atoms with E-state index in [4.69, 9.17) is 0 Å². The zero-order chi connectivity index (χ0) is 11.4. The Labute approximate surface area is 100 Å². The molecule has 0 aliphatic carbocycles. The van der Waals surface area contributed by atoms with Crippen molar-refractivity contribution in [2.24, 2.45) is 5.92 Å². The van der Waals surface area contributed by atoms with Crippen molar-refractivity contribution >= 4 is 0 Å². The van der Waals surface area contributed by atoms with E-state index >= 15 is 0 Å². The fourth-order valence-corrected chi connectivity index (χ4v) is 3.30. The van der Waals surface area contributed by atoms with Crippen LogP contribution in [0, 0.1) is 5.92 Å². The summed E-state index contributed by atoms with van der Waals surface area (Å²) in [6.45, 7) is 10.1. The Morgan fingerprint density at radius 2 is 2.06 bits per heavy atom. The first-order valence-electron chi connectivity index (χ1n) is 6.90. The standard InChI is InChI=1S/C13H27N3/c1-12(9-14-2)10-15-6-4-8-16-7-3-5-13(16)11-15/h12-14H,3-11H2,1-2H3. The lowest BCUT2D eigenvalue weighted by molar-refractivity contribution is 0.201. The van der Waals surface area contributed by atoms with E-state index in [0.29, 0.717) is 0 Å². The molecule has 0 aromatic rings. The van der Waals surface area contributed by atoms with E-state index in [2.05, 4.69) is 29.1 Å². The lowest BCUT2D eigenvalue weighted by Gasteiger charge is -2.27. The third-order valence-electron chi connectivity index (χ3n) is 4.01. The average molecular weight is 225 g/mol. The number of nitrogens with zero attached hydrogens (tertiary/aromatic N) is 2. The minimum atomic E-state index is 0.776. The molecule has 2 aliphatic rings. The van der Waals surface area contributed by atoms with Gasteiger partial charge in [-0.15, -0.1) is 0 Å². The molecule has 0 bridgehead atoms. The summed E-state index contributed by atoms with van der Waals surface area (Å²) in [5.74, 6) is 0.776. The molecular formula is C13H27N3. The van der Waals surface area contributed by atoms with Crippen molar-refractivity contribution in [3.63, 3.8) is 0 Å². The van der Waals surface area contributed by atoms with Crippen molar-refractivity contribution in [1.29, 1.82) is 0 Å². The monoisotopic (exact) mass is 225 g/mol. The van der Waals surface area contributed by atoms with Crippen LogP contribution >= 0.6 is 0 Å². The summed E-state index contributed by atoms with van der Waals surface area (Å²) in [5, 5.41) is 3.28. The van der Waals surface area contributed by atoms with Crippen LogP contribution in [0.15, 0.2) is 0 Å². The van der Waals surface area contributed by atoms with Gasteiger partial charge in [0.2, 0.25) is 0 Å². The minimum Gasteiger partial charge on any atom is -0.319 e. The largest absolute Gasteiger partial charge is 0.319 e. The second-order valence-electron chi connectivity index (χ2n) is 5.61. The summed E-state index contributed by atoms with van der Waals surface area (Å²) >= 11 is 0. The molecule has 0 amide bonds. The first-order valence-corrected chi connectivity index (χ1v) is 6.90. The molecule has 1 N–H and O–H groups in total. The van der Waals surface area contributed by atoms with E-state index in [1.54, 1.807) is 0 Å². The van der Waals surface area contributed by atoms with Crippen molar-refractivity contribution in [2.75, 3.05) is 46.3 Å². The lowest BCUT2D eigenvalue weighted by atomic mass is 10.1. The summed E-state index contributed by atoms with van der Waals surface area (Å²) in [7, 11) is 2.05. The molecule has 2 unspecified atom stereocenters. The van der Waals surface area contributed by atoms with Gasteiger partial charge in [-0.05, 0) is 58.4 Å². The van der Waals surface area contributed by atoms with Crippen molar-refractivity contribution in [3.05, 3.63) is 0 Å². The van der Waals surface area contributed by atoms with Crippen LogP contribution in [-0.4, -0.2) is 62.2 Å². The zero-order valence-electron chi connectivity index (χ0n) is 10.9. The van der Waals surface area contributed by atoms with Crippen molar-refractivity contribution in [2.45, 2.75) is 32.2 Å². The zero-order valence-corrected chi connectivity index (χ0v) is 10.9. The van der Waals surface area contributed by atoms with Crippen LogP contribution in [0.1, 0.15) is 26.2 Å². The Morgan fingerprint density at radius 1 is 1.25 bits per heavy atom. The highest BCUT2D eigenvalue weighted by atomic mass is 15.3. The highest BCUT2D eigenvalue weighted by Crippen LogP contribution is 2.21. The van der Waals surface area contributed by atoms with Crippen LogP contribution in [0.2, 0.25) is 0 Å². The van der Waals surface area contributed by atoms with Crippen LogP contribution in [-0.2, 0) is 0 Å². The molecule has 2 fully saturated rings. The van der Waals surface area contributed by atoms with Crippen LogP contribution in [0.3, 0.4) is 0 Å². The van der Waals surface area contributed by atoms with Gasteiger partial charge >= 0.3 is 0 Å². The van der Waals surface area contributed by atoms with Gasteiger partial charge in [-0.1, -0.05) is 6.92 Å². The maximum absolute atomic E-state index is 3.28. The number of hydrogen-bond donors (Lipinski definition) is 1. The Morgan fingerprint density at radius 3 is 2.88 bits per heavy atom. The molecule has 16 heavy (non-hydrogen) atoms. The Kier molecular flexibility index (Phi) is 4.62. The molecule has 2 aliphatic heterocycles. The fraction of sp³-hybridized carbons (Fsp3) is 1.00. The van der Waals surface area contributed by atoms with E-state index < -0.39 is 0 Å². The van der Waals surface area contributed by atoms with Gasteiger partial charge in [0, 0.05) is 19.1 Å². The van der Waals surface area contributed by atoms with Gasteiger partial charge in [0.25, 0.3) is 0 Å². The summed E-state index contributed by atoms with van der Waals surface area (Å²) in [6.07, 6.45) is 4.21. The van der Waals surface area contributed by atoms with Gasteiger partial charge in [-0.25, -0.2) is 0 Å². The molecular weight excluding hydrogens is 198 g/mol. The lowest BCUT2D eigenvalue weighted by Crippen LogP contribution is -2.39. The molecule has 2 saturated heterocycles. The number of hydrogen-bond acceptors (Lipinski definition) is 3. The molecule has 2 rings (SSSR count). The topological polar surface area (TPSA) is 18.5 Å².